The molecule has 1 N–H and O–H groups in total. The van der Waals surface area contributed by atoms with E-state index in [0.717, 1.165) is 11.5 Å². The summed E-state index contributed by atoms with van der Waals surface area (Å²) in [5, 5.41) is 3.29. The van der Waals surface area contributed by atoms with Crippen LogP contribution in [0.3, 0.4) is 0 Å². The van der Waals surface area contributed by atoms with Gasteiger partial charge in [0.2, 0.25) is 0 Å². The second-order valence-corrected chi connectivity index (χ2v) is 10.1. The molecular weight excluding hydrogens is 348 g/mol. The van der Waals surface area contributed by atoms with Crippen LogP contribution in [0.15, 0.2) is 36.7 Å². The van der Waals surface area contributed by atoms with Gasteiger partial charge in [0.25, 0.3) is 0 Å². The van der Waals surface area contributed by atoms with E-state index in [0.29, 0.717) is 12.2 Å². The summed E-state index contributed by atoms with van der Waals surface area (Å²) in [6.07, 6.45) is 2.14. The summed E-state index contributed by atoms with van der Waals surface area (Å²) in [5.74, 6) is 1.84. The molecular formula is C19H26N4O2S. The molecule has 6 nitrogen and oxygen atoms in total. The van der Waals surface area contributed by atoms with Gasteiger partial charge in [-0.05, 0) is 29.5 Å². The fraction of sp³-hybridized carbons (Fsp3) is 0.474. The molecule has 0 bridgehead atoms. The van der Waals surface area contributed by atoms with Gasteiger partial charge in [-0.3, -0.25) is 0 Å². The lowest BCUT2D eigenvalue weighted by Gasteiger charge is -2.24. The average Bonchev–Trinajstić information content (AvgIpc) is 2.94. The van der Waals surface area contributed by atoms with Crippen molar-refractivity contribution in [2.75, 3.05) is 28.8 Å². The standard InChI is InChI=1S/C19H26N4O2S/c1-19(2,3)14-5-7-15(8-6-14)22-17-11-18(21-13-20-17)23(4)16-9-10-26(24,25)12-16/h5-8,11,13,16H,9-10,12H2,1-4H3,(H,20,21,22). The van der Waals surface area contributed by atoms with Crippen molar-refractivity contribution in [2.45, 2.75) is 38.6 Å². The van der Waals surface area contributed by atoms with Crippen LogP contribution in [0, 0.1) is 0 Å². The highest BCUT2D eigenvalue weighted by Gasteiger charge is 2.31. The van der Waals surface area contributed by atoms with Gasteiger partial charge in [-0.15, -0.1) is 0 Å². The Morgan fingerprint density at radius 2 is 1.85 bits per heavy atom. The number of sulfone groups is 1. The Bertz CT molecular complexity index is 873. The molecule has 0 saturated carbocycles. The predicted octanol–water partition coefficient (Wildman–Crippen LogP) is 3.14. The van der Waals surface area contributed by atoms with Crippen molar-refractivity contribution in [3.05, 3.63) is 42.2 Å². The van der Waals surface area contributed by atoms with Gasteiger partial charge in [0.1, 0.15) is 18.0 Å². The highest BCUT2D eigenvalue weighted by atomic mass is 32.2. The van der Waals surface area contributed by atoms with Crippen LogP contribution in [0.25, 0.3) is 0 Å². The molecule has 0 spiro atoms. The molecule has 1 aromatic carbocycles. The topological polar surface area (TPSA) is 75.2 Å². The van der Waals surface area contributed by atoms with Gasteiger partial charge < -0.3 is 10.2 Å². The first-order valence-corrected chi connectivity index (χ1v) is 10.6. The number of benzene rings is 1. The first-order chi connectivity index (χ1) is 12.1. The van der Waals surface area contributed by atoms with Gasteiger partial charge in [-0.1, -0.05) is 32.9 Å². The largest absolute Gasteiger partial charge is 0.355 e. The van der Waals surface area contributed by atoms with Crippen molar-refractivity contribution in [1.29, 1.82) is 0 Å². The van der Waals surface area contributed by atoms with E-state index in [2.05, 4.69) is 48.2 Å². The lowest BCUT2D eigenvalue weighted by molar-refractivity contribution is 0.590. The molecule has 1 aromatic heterocycles. The van der Waals surface area contributed by atoms with Gasteiger partial charge in [0, 0.05) is 24.8 Å². The molecule has 1 unspecified atom stereocenters. The second kappa shape index (κ2) is 6.87. The molecule has 26 heavy (non-hydrogen) atoms. The molecule has 1 atom stereocenters. The molecule has 1 aliphatic rings. The first-order valence-electron chi connectivity index (χ1n) is 8.77. The third-order valence-corrected chi connectivity index (χ3v) is 6.54. The van der Waals surface area contributed by atoms with Crippen LogP contribution in [0.4, 0.5) is 17.3 Å². The monoisotopic (exact) mass is 374 g/mol. The summed E-state index contributed by atoms with van der Waals surface area (Å²) in [6, 6.07) is 10.1. The van der Waals surface area contributed by atoms with Crippen LogP contribution in [0.2, 0.25) is 0 Å². The molecule has 3 rings (SSSR count). The third kappa shape index (κ3) is 4.33. The molecule has 7 heteroatoms. The molecule has 1 fully saturated rings. The maximum absolute atomic E-state index is 11.7. The fourth-order valence-electron chi connectivity index (χ4n) is 3.08. The average molecular weight is 375 g/mol. The van der Waals surface area contributed by atoms with Crippen LogP contribution < -0.4 is 10.2 Å². The highest BCUT2D eigenvalue weighted by molar-refractivity contribution is 7.91. The number of rotatable bonds is 4. The molecule has 0 radical (unpaired) electrons. The molecule has 0 amide bonds. The Labute approximate surface area is 155 Å². The van der Waals surface area contributed by atoms with Gasteiger partial charge in [-0.2, -0.15) is 0 Å². The fourth-order valence-corrected chi connectivity index (χ4v) is 4.85. The number of hydrogen-bond acceptors (Lipinski definition) is 6. The minimum atomic E-state index is -2.92. The zero-order valence-corrected chi connectivity index (χ0v) is 16.5. The van der Waals surface area contributed by atoms with Crippen LogP contribution >= 0.6 is 0 Å². The number of anilines is 3. The van der Waals surface area contributed by atoms with E-state index in [9.17, 15) is 8.42 Å². The van der Waals surface area contributed by atoms with E-state index in [1.807, 2.05) is 30.1 Å². The Morgan fingerprint density at radius 1 is 1.15 bits per heavy atom. The van der Waals surface area contributed by atoms with E-state index in [1.165, 1.54) is 11.9 Å². The Kier molecular flexibility index (Phi) is 4.92. The molecule has 2 aromatic rings. The summed E-state index contributed by atoms with van der Waals surface area (Å²) >= 11 is 0. The first kappa shape index (κ1) is 18.6. The van der Waals surface area contributed by atoms with E-state index in [4.69, 9.17) is 0 Å². The van der Waals surface area contributed by atoms with E-state index >= 15 is 0 Å². The van der Waals surface area contributed by atoms with Gasteiger partial charge in [-0.25, -0.2) is 18.4 Å². The Morgan fingerprint density at radius 3 is 2.42 bits per heavy atom. The van der Waals surface area contributed by atoms with Gasteiger partial charge in [0.15, 0.2) is 9.84 Å². The number of nitrogens with one attached hydrogen (secondary N) is 1. The second-order valence-electron chi connectivity index (χ2n) is 7.88. The summed E-state index contributed by atoms with van der Waals surface area (Å²) in [7, 11) is -1.04. The summed E-state index contributed by atoms with van der Waals surface area (Å²) in [6.45, 7) is 6.56. The quantitative estimate of drug-likeness (QED) is 0.886. The van der Waals surface area contributed by atoms with Crippen LogP contribution in [-0.2, 0) is 15.3 Å². The van der Waals surface area contributed by atoms with Crippen molar-refractivity contribution in [3.63, 3.8) is 0 Å². The van der Waals surface area contributed by atoms with Crippen molar-refractivity contribution >= 4 is 27.2 Å². The zero-order valence-electron chi connectivity index (χ0n) is 15.7. The summed E-state index contributed by atoms with van der Waals surface area (Å²) in [4.78, 5) is 10.5. The summed E-state index contributed by atoms with van der Waals surface area (Å²) in [5.41, 5.74) is 2.34. The van der Waals surface area contributed by atoms with Crippen molar-refractivity contribution in [2.24, 2.45) is 0 Å². The number of hydrogen-bond donors (Lipinski definition) is 1. The molecule has 2 heterocycles. The van der Waals surface area contributed by atoms with Crippen LogP contribution in [-0.4, -0.2) is 43.0 Å². The predicted molar refractivity (Wildman–Crippen MR) is 106 cm³/mol. The Hall–Kier alpha value is -2.15. The zero-order chi connectivity index (χ0) is 18.9. The lowest BCUT2D eigenvalue weighted by Crippen LogP contribution is -2.33. The number of nitrogens with zero attached hydrogens (tertiary/aromatic N) is 3. The molecule has 140 valence electrons. The maximum atomic E-state index is 11.7. The van der Waals surface area contributed by atoms with Gasteiger partial charge >= 0.3 is 0 Å². The lowest BCUT2D eigenvalue weighted by atomic mass is 9.87. The molecule has 1 aliphatic heterocycles. The van der Waals surface area contributed by atoms with E-state index in [-0.39, 0.29) is 23.0 Å². The smallest absolute Gasteiger partial charge is 0.152 e. The van der Waals surface area contributed by atoms with Crippen molar-refractivity contribution in [1.82, 2.24) is 9.97 Å². The molecule has 1 saturated heterocycles. The number of aromatic nitrogens is 2. The van der Waals surface area contributed by atoms with Crippen molar-refractivity contribution in [3.8, 4) is 0 Å². The van der Waals surface area contributed by atoms with Gasteiger partial charge in [0.05, 0.1) is 11.5 Å². The Balaban J connectivity index is 1.73. The van der Waals surface area contributed by atoms with Crippen molar-refractivity contribution < 1.29 is 8.42 Å². The maximum Gasteiger partial charge on any atom is 0.152 e. The van der Waals surface area contributed by atoms with Crippen LogP contribution in [0.1, 0.15) is 32.8 Å². The minimum Gasteiger partial charge on any atom is -0.355 e. The van der Waals surface area contributed by atoms with Crippen LogP contribution in [0.5, 0.6) is 0 Å². The minimum absolute atomic E-state index is 0.0335. The SMILES string of the molecule is CN(c1cc(Nc2ccc(C(C)(C)C)cc2)ncn1)C1CCS(=O)(=O)C1. The van der Waals surface area contributed by atoms with E-state index in [1.54, 1.807) is 0 Å². The normalized spacial score (nSPS) is 19.3. The highest BCUT2D eigenvalue weighted by Crippen LogP contribution is 2.26. The molecule has 0 aliphatic carbocycles. The van der Waals surface area contributed by atoms with E-state index < -0.39 is 9.84 Å². The third-order valence-electron chi connectivity index (χ3n) is 4.79. The summed E-state index contributed by atoms with van der Waals surface area (Å²) < 4.78 is 23.4.